The molecule has 2 heterocycles. The third-order valence-electron chi connectivity index (χ3n) is 2.15. The molecule has 2 aromatic rings. The summed E-state index contributed by atoms with van der Waals surface area (Å²) in [5, 5.41) is 3.75. The maximum atomic E-state index is 12.1. The van der Waals surface area contributed by atoms with E-state index in [0.29, 0.717) is 4.96 Å². The van der Waals surface area contributed by atoms with Gasteiger partial charge in [-0.15, -0.1) is 11.3 Å². The summed E-state index contributed by atoms with van der Waals surface area (Å²) >= 11 is 7.09. The first-order valence-electron chi connectivity index (χ1n) is 5.06. The first kappa shape index (κ1) is 14.1. The van der Waals surface area contributed by atoms with E-state index in [1.54, 1.807) is 11.6 Å². The highest BCUT2D eigenvalue weighted by Gasteiger charge is 2.24. The molecule has 19 heavy (non-hydrogen) atoms. The Balaban J connectivity index is 2.17. The third-order valence-corrected chi connectivity index (χ3v) is 4.76. The number of halogens is 1. The van der Waals surface area contributed by atoms with Gasteiger partial charge in [-0.2, -0.15) is 0 Å². The second kappa shape index (κ2) is 5.33. The number of aromatic nitrogens is 2. The molecule has 104 valence electrons. The molecule has 0 bridgehead atoms. The number of carbonyl (C=O) groups excluding carboxylic acids is 1. The number of amides is 2. The zero-order valence-electron chi connectivity index (χ0n) is 9.46. The first-order valence-corrected chi connectivity index (χ1v) is 7.80. The number of thiazole rings is 1. The quantitative estimate of drug-likeness (QED) is 0.671. The van der Waals surface area contributed by atoms with Gasteiger partial charge < -0.3 is 11.1 Å². The van der Waals surface area contributed by atoms with Crippen LogP contribution >= 0.6 is 22.9 Å². The van der Waals surface area contributed by atoms with Crippen molar-refractivity contribution in [2.45, 2.75) is 5.03 Å². The Morgan fingerprint density at radius 2 is 2.26 bits per heavy atom. The van der Waals surface area contributed by atoms with Crippen molar-refractivity contribution in [3.05, 3.63) is 16.7 Å². The van der Waals surface area contributed by atoms with Gasteiger partial charge in [0.2, 0.25) is 0 Å². The SMILES string of the molecule is NC(=O)NCCNS(=O)(=O)c1c(Cl)nc2sccn12. The van der Waals surface area contributed by atoms with Crippen LogP contribution in [0.4, 0.5) is 4.79 Å². The number of hydrogen-bond donors (Lipinski definition) is 3. The number of rotatable bonds is 5. The second-order valence-corrected chi connectivity index (χ2v) is 6.37. The van der Waals surface area contributed by atoms with Gasteiger partial charge in [-0.3, -0.25) is 4.40 Å². The minimum absolute atomic E-state index is 0.00102. The van der Waals surface area contributed by atoms with Crippen LogP contribution < -0.4 is 15.8 Å². The lowest BCUT2D eigenvalue weighted by molar-refractivity contribution is 0.249. The van der Waals surface area contributed by atoms with E-state index in [-0.39, 0.29) is 23.3 Å². The molecule has 4 N–H and O–H groups in total. The van der Waals surface area contributed by atoms with Crippen LogP contribution in [0.5, 0.6) is 0 Å². The summed E-state index contributed by atoms with van der Waals surface area (Å²) in [7, 11) is -3.81. The lowest BCUT2D eigenvalue weighted by Gasteiger charge is -2.06. The van der Waals surface area contributed by atoms with Crippen molar-refractivity contribution in [2.75, 3.05) is 13.1 Å². The number of nitrogens with two attached hydrogens (primary N) is 1. The van der Waals surface area contributed by atoms with Crippen LogP contribution in [0.3, 0.4) is 0 Å². The van der Waals surface area contributed by atoms with Gasteiger partial charge in [0.15, 0.2) is 15.1 Å². The zero-order valence-corrected chi connectivity index (χ0v) is 11.8. The molecule has 8 nitrogen and oxygen atoms in total. The molecule has 0 fully saturated rings. The number of carbonyl (C=O) groups is 1. The van der Waals surface area contributed by atoms with Crippen molar-refractivity contribution >= 4 is 44.0 Å². The van der Waals surface area contributed by atoms with Gasteiger partial charge in [-0.25, -0.2) is 22.9 Å². The number of imidazole rings is 1. The van der Waals surface area contributed by atoms with Crippen LogP contribution in [0.15, 0.2) is 16.6 Å². The van der Waals surface area contributed by atoms with Crippen molar-refractivity contribution in [3.63, 3.8) is 0 Å². The Morgan fingerprint density at radius 1 is 1.53 bits per heavy atom. The molecule has 0 aliphatic carbocycles. The van der Waals surface area contributed by atoms with E-state index in [4.69, 9.17) is 17.3 Å². The summed E-state index contributed by atoms with van der Waals surface area (Å²) in [6, 6.07) is -0.721. The average molecular weight is 324 g/mol. The smallest absolute Gasteiger partial charge is 0.312 e. The van der Waals surface area contributed by atoms with Crippen LogP contribution in [0.25, 0.3) is 4.96 Å². The minimum atomic E-state index is -3.81. The van der Waals surface area contributed by atoms with Gasteiger partial charge in [0.1, 0.15) is 0 Å². The maximum Gasteiger partial charge on any atom is 0.312 e. The molecule has 0 unspecified atom stereocenters. The number of sulfonamides is 1. The van der Waals surface area contributed by atoms with Crippen molar-refractivity contribution in [1.29, 1.82) is 0 Å². The molecule has 2 rings (SSSR count). The third kappa shape index (κ3) is 2.97. The van der Waals surface area contributed by atoms with Crippen LogP contribution in [-0.4, -0.2) is 36.9 Å². The standard InChI is InChI=1S/C8H10ClN5O3S2/c9-5-6(14-3-4-18-8(14)13-5)19(16,17)12-2-1-11-7(10)15/h3-4,12H,1-2H2,(H3,10,11,15). The van der Waals surface area contributed by atoms with E-state index >= 15 is 0 Å². The molecule has 0 atom stereocenters. The van der Waals surface area contributed by atoms with Crippen molar-refractivity contribution < 1.29 is 13.2 Å². The molecule has 0 aromatic carbocycles. The fourth-order valence-electron chi connectivity index (χ4n) is 1.42. The number of hydrogen-bond acceptors (Lipinski definition) is 5. The summed E-state index contributed by atoms with van der Waals surface area (Å²) < 4.78 is 27.8. The fourth-order valence-corrected chi connectivity index (χ4v) is 3.90. The Morgan fingerprint density at radius 3 is 2.95 bits per heavy atom. The van der Waals surface area contributed by atoms with Gasteiger partial charge >= 0.3 is 6.03 Å². The number of fused-ring (bicyclic) bond motifs is 1. The van der Waals surface area contributed by atoms with Crippen molar-refractivity contribution in [3.8, 4) is 0 Å². The van der Waals surface area contributed by atoms with Crippen LogP contribution in [0.2, 0.25) is 5.15 Å². The van der Waals surface area contributed by atoms with Crippen LogP contribution in [0, 0.1) is 0 Å². The van der Waals surface area contributed by atoms with E-state index in [9.17, 15) is 13.2 Å². The van der Waals surface area contributed by atoms with Crippen molar-refractivity contribution in [1.82, 2.24) is 19.4 Å². The number of urea groups is 1. The summed E-state index contributed by atoms with van der Waals surface area (Å²) in [6.07, 6.45) is 1.56. The molecule has 0 spiro atoms. The van der Waals surface area contributed by atoms with E-state index in [1.807, 2.05) is 0 Å². The largest absolute Gasteiger partial charge is 0.352 e. The highest BCUT2D eigenvalue weighted by atomic mass is 35.5. The summed E-state index contributed by atoms with van der Waals surface area (Å²) in [4.78, 5) is 14.9. The van der Waals surface area contributed by atoms with Crippen LogP contribution in [-0.2, 0) is 10.0 Å². The van der Waals surface area contributed by atoms with E-state index in [0.717, 1.165) is 0 Å². The van der Waals surface area contributed by atoms with E-state index in [1.165, 1.54) is 15.7 Å². The molecule has 2 aromatic heterocycles. The molecule has 0 saturated heterocycles. The van der Waals surface area contributed by atoms with Gasteiger partial charge in [0.05, 0.1) is 0 Å². The van der Waals surface area contributed by atoms with Crippen LogP contribution in [0.1, 0.15) is 0 Å². The Labute approximate surface area is 117 Å². The lowest BCUT2D eigenvalue weighted by Crippen LogP contribution is -2.37. The maximum absolute atomic E-state index is 12.1. The summed E-state index contributed by atoms with van der Waals surface area (Å²) in [5.41, 5.74) is 4.86. The Hall–Kier alpha value is -1.36. The predicted molar refractivity (Wildman–Crippen MR) is 70.9 cm³/mol. The van der Waals surface area contributed by atoms with Gasteiger partial charge in [0.25, 0.3) is 10.0 Å². The molecule has 11 heteroatoms. The highest BCUT2D eigenvalue weighted by Crippen LogP contribution is 2.24. The zero-order chi connectivity index (χ0) is 14.0. The van der Waals surface area contributed by atoms with Gasteiger partial charge in [-0.05, 0) is 0 Å². The summed E-state index contributed by atoms with van der Waals surface area (Å²) in [5.74, 6) is 0. The monoisotopic (exact) mass is 323 g/mol. The minimum Gasteiger partial charge on any atom is -0.352 e. The number of nitrogens with one attached hydrogen (secondary N) is 2. The molecule has 0 saturated carbocycles. The Kier molecular flexibility index (Phi) is 3.94. The van der Waals surface area contributed by atoms with Crippen molar-refractivity contribution in [2.24, 2.45) is 5.73 Å². The second-order valence-electron chi connectivity index (χ2n) is 3.45. The number of primary amides is 1. The molecular formula is C8H10ClN5O3S2. The van der Waals surface area contributed by atoms with Gasteiger partial charge in [-0.1, -0.05) is 11.6 Å². The van der Waals surface area contributed by atoms with E-state index in [2.05, 4.69) is 15.0 Å². The Bertz CT molecular complexity index is 707. The molecule has 2 amide bonds. The topological polar surface area (TPSA) is 119 Å². The lowest BCUT2D eigenvalue weighted by atomic mass is 10.6. The predicted octanol–water partition coefficient (Wildman–Crippen LogP) is -0.00420. The first-order chi connectivity index (χ1) is 8.92. The highest BCUT2D eigenvalue weighted by molar-refractivity contribution is 7.89. The fraction of sp³-hybridized carbons (Fsp3) is 0.250. The number of nitrogens with zero attached hydrogens (tertiary/aromatic N) is 2. The van der Waals surface area contributed by atoms with Gasteiger partial charge in [0, 0.05) is 24.7 Å². The average Bonchev–Trinajstić information content (AvgIpc) is 2.83. The summed E-state index contributed by atoms with van der Waals surface area (Å²) in [6.45, 7) is 0.0801. The van der Waals surface area contributed by atoms with E-state index < -0.39 is 16.1 Å². The molecular weight excluding hydrogens is 314 g/mol. The molecule has 0 radical (unpaired) electrons. The normalized spacial score (nSPS) is 11.8. The molecule has 0 aliphatic heterocycles. The molecule has 0 aliphatic rings.